The lowest BCUT2D eigenvalue weighted by atomic mass is 10.1. The maximum Gasteiger partial charge on any atom is 0.255 e. The number of hydrogen-bond acceptors (Lipinski definition) is 5. The topological polar surface area (TPSA) is 88.1 Å². The molecular weight excluding hydrogens is 506 g/mol. The lowest BCUT2D eigenvalue weighted by molar-refractivity contribution is -0.121. The van der Waals surface area contributed by atoms with Gasteiger partial charge < -0.3 is 4.74 Å². The van der Waals surface area contributed by atoms with Gasteiger partial charge in [-0.15, -0.1) is 0 Å². The van der Waals surface area contributed by atoms with E-state index in [0.29, 0.717) is 11.3 Å². The number of nitrogens with zero attached hydrogens (tertiary/aromatic N) is 2. The minimum atomic E-state index is -3.90. The molecule has 1 amide bonds. The summed E-state index contributed by atoms with van der Waals surface area (Å²) in [7, 11) is -2.37. The molecule has 0 spiro atoms. The highest BCUT2D eigenvalue weighted by atomic mass is 79.9. The molecule has 0 unspecified atom stereocenters. The second kappa shape index (κ2) is 11.2. The average molecular weight is 530 g/mol. The van der Waals surface area contributed by atoms with E-state index in [2.05, 4.69) is 26.5 Å². The van der Waals surface area contributed by atoms with Crippen LogP contribution in [-0.2, 0) is 21.4 Å². The Balaban J connectivity index is 1.78. The van der Waals surface area contributed by atoms with Crippen molar-refractivity contribution in [2.24, 2.45) is 5.10 Å². The van der Waals surface area contributed by atoms with Crippen molar-refractivity contribution in [2.75, 3.05) is 13.7 Å². The van der Waals surface area contributed by atoms with Gasteiger partial charge in [0.1, 0.15) is 5.75 Å². The molecule has 0 aliphatic rings. The maximum atomic E-state index is 13.2. The van der Waals surface area contributed by atoms with Crippen molar-refractivity contribution in [1.29, 1.82) is 0 Å². The van der Waals surface area contributed by atoms with Crippen LogP contribution in [0.1, 0.15) is 16.7 Å². The molecule has 3 aromatic carbocycles. The molecule has 0 bridgehead atoms. The van der Waals surface area contributed by atoms with Crippen molar-refractivity contribution >= 4 is 38.1 Å². The van der Waals surface area contributed by atoms with Gasteiger partial charge in [-0.1, -0.05) is 64.0 Å². The third-order valence-electron chi connectivity index (χ3n) is 4.77. The van der Waals surface area contributed by atoms with Gasteiger partial charge in [-0.2, -0.15) is 9.41 Å². The van der Waals surface area contributed by atoms with E-state index in [1.54, 1.807) is 30.3 Å². The number of halogens is 1. The lowest BCUT2D eigenvalue weighted by Crippen LogP contribution is -2.39. The van der Waals surface area contributed by atoms with Gasteiger partial charge in [0.2, 0.25) is 10.0 Å². The smallest absolute Gasteiger partial charge is 0.255 e. The normalized spacial score (nSPS) is 11.6. The minimum Gasteiger partial charge on any atom is -0.496 e. The number of methoxy groups -OCH3 is 1. The molecule has 33 heavy (non-hydrogen) atoms. The summed E-state index contributed by atoms with van der Waals surface area (Å²) in [6.45, 7) is 1.61. The fourth-order valence-corrected chi connectivity index (χ4v) is 4.82. The molecule has 0 saturated heterocycles. The minimum absolute atomic E-state index is 0.0497. The fraction of sp³-hybridized carbons (Fsp3) is 0.167. The second-order valence-electron chi connectivity index (χ2n) is 7.25. The zero-order valence-electron chi connectivity index (χ0n) is 18.2. The molecule has 1 N–H and O–H groups in total. The summed E-state index contributed by atoms with van der Waals surface area (Å²) in [5.41, 5.74) is 4.89. The largest absolute Gasteiger partial charge is 0.496 e. The molecule has 0 aromatic heterocycles. The molecule has 0 saturated carbocycles. The van der Waals surface area contributed by atoms with Crippen molar-refractivity contribution in [3.63, 3.8) is 0 Å². The summed E-state index contributed by atoms with van der Waals surface area (Å²) in [6, 6.07) is 20.9. The molecule has 0 heterocycles. The van der Waals surface area contributed by atoms with Crippen molar-refractivity contribution < 1.29 is 17.9 Å². The van der Waals surface area contributed by atoms with Gasteiger partial charge in [0, 0.05) is 16.6 Å². The highest BCUT2D eigenvalue weighted by molar-refractivity contribution is 9.10. The predicted octanol–water partition coefficient (Wildman–Crippen LogP) is 4.11. The third kappa shape index (κ3) is 6.74. The molecule has 3 rings (SSSR count). The first-order valence-electron chi connectivity index (χ1n) is 10.1. The van der Waals surface area contributed by atoms with Gasteiger partial charge >= 0.3 is 0 Å². The Morgan fingerprint density at radius 2 is 1.79 bits per heavy atom. The highest BCUT2D eigenvalue weighted by Gasteiger charge is 2.26. The number of carbonyl (C=O) groups excluding carboxylic acids is 1. The van der Waals surface area contributed by atoms with Crippen LogP contribution in [-0.4, -0.2) is 38.5 Å². The van der Waals surface area contributed by atoms with Crippen molar-refractivity contribution in [2.45, 2.75) is 18.4 Å². The van der Waals surface area contributed by atoms with Gasteiger partial charge in [0.25, 0.3) is 5.91 Å². The summed E-state index contributed by atoms with van der Waals surface area (Å²) in [6.07, 6.45) is 1.44. The Bertz CT molecular complexity index is 1230. The summed E-state index contributed by atoms with van der Waals surface area (Å²) >= 11 is 3.38. The summed E-state index contributed by atoms with van der Waals surface area (Å²) < 4.78 is 33.7. The number of aryl methyl sites for hydroxylation is 1. The van der Waals surface area contributed by atoms with E-state index in [1.165, 1.54) is 25.5 Å². The van der Waals surface area contributed by atoms with E-state index >= 15 is 0 Å². The molecule has 3 aromatic rings. The van der Waals surface area contributed by atoms with Gasteiger partial charge in [-0.25, -0.2) is 13.8 Å². The number of hydrazone groups is 1. The molecule has 0 radical (unpaired) electrons. The van der Waals surface area contributed by atoms with Crippen LogP contribution < -0.4 is 10.2 Å². The molecule has 7 nitrogen and oxygen atoms in total. The van der Waals surface area contributed by atoms with E-state index in [4.69, 9.17) is 4.74 Å². The maximum absolute atomic E-state index is 13.2. The monoisotopic (exact) mass is 529 g/mol. The van der Waals surface area contributed by atoms with Crippen LogP contribution in [0, 0.1) is 6.92 Å². The highest BCUT2D eigenvalue weighted by Crippen LogP contribution is 2.21. The Labute approximate surface area is 202 Å². The Morgan fingerprint density at radius 1 is 1.09 bits per heavy atom. The molecule has 0 aliphatic carbocycles. The van der Waals surface area contributed by atoms with Crippen molar-refractivity contribution in [3.05, 3.63) is 94.0 Å². The summed E-state index contributed by atoms with van der Waals surface area (Å²) in [4.78, 5) is 12.7. The van der Waals surface area contributed by atoms with Gasteiger partial charge in [-0.05, 0) is 42.8 Å². The number of carbonyl (C=O) groups is 1. The number of sulfonamides is 1. The molecule has 9 heteroatoms. The number of ether oxygens (including phenoxy) is 1. The average Bonchev–Trinajstić information content (AvgIpc) is 2.81. The summed E-state index contributed by atoms with van der Waals surface area (Å²) in [5, 5.41) is 3.97. The van der Waals surface area contributed by atoms with Crippen LogP contribution in [0.3, 0.4) is 0 Å². The lowest BCUT2D eigenvalue weighted by Gasteiger charge is -2.21. The molecule has 172 valence electrons. The van der Waals surface area contributed by atoms with Gasteiger partial charge in [0.15, 0.2) is 0 Å². The first kappa shape index (κ1) is 24.6. The Morgan fingerprint density at radius 3 is 2.45 bits per heavy atom. The van der Waals surface area contributed by atoms with E-state index < -0.39 is 22.5 Å². The van der Waals surface area contributed by atoms with Crippen LogP contribution in [0.5, 0.6) is 5.75 Å². The van der Waals surface area contributed by atoms with E-state index in [-0.39, 0.29) is 11.4 Å². The van der Waals surface area contributed by atoms with E-state index in [0.717, 1.165) is 19.9 Å². The quantitative estimate of drug-likeness (QED) is 0.333. The Hall–Kier alpha value is -3.01. The van der Waals surface area contributed by atoms with Gasteiger partial charge in [-0.3, -0.25) is 4.79 Å². The first-order valence-corrected chi connectivity index (χ1v) is 12.3. The first-order chi connectivity index (χ1) is 15.8. The third-order valence-corrected chi connectivity index (χ3v) is 7.06. The number of nitrogens with one attached hydrogen (secondary N) is 1. The van der Waals surface area contributed by atoms with Crippen molar-refractivity contribution in [1.82, 2.24) is 9.73 Å². The fourth-order valence-electron chi connectivity index (χ4n) is 3.04. The van der Waals surface area contributed by atoms with Gasteiger partial charge in [0.05, 0.1) is 24.8 Å². The zero-order chi connectivity index (χ0) is 23.8. The second-order valence-corrected chi connectivity index (χ2v) is 10.1. The predicted molar refractivity (Wildman–Crippen MR) is 132 cm³/mol. The van der Waals surface area contributed by atoms with Crippen LogP contribution in [0.4, 0.5) is 0 Å². The van der Waals surface area contributed by atoms with Crippen LogP contribution >= 0.6 is 15.9 Å². The van der Waals surface area contributed by atoms with Crippen LogP contribution in [0.2, 0.25) is 0 Å². The molecule has 0 atom stereocenters. The summed E-state index contributed by atoms with van der Waals surface area (Å²) in [5.74, 6) is 0.0238. The molecule has 0 fully saturated rings. The molecular formula is C24H24BrN3O4S. The number of benzene rings is 3. The van der Waals surface area contributed by atoms with Crippen molar-refractivity contribution in [3.8, 4) is 5.75 Å². The molecule has 0 aliphatic heterocycles. The standard InChI is InChI=1S/C24H24BrN3O4S/c1-18-8-10-19(11-9-18)16-28(33(30,31)22-6-4-3-5-7-22)17-24(29)27-26-15-20-14-21(25)12-13-23(20)32-2/h3-15H,16-17H2,1-2H3,(H,27,29)/b26-15-. The number of amides is 1. The zero-order valence-corrected chi connectivity index (χ0v) is 20.6. The Kier molecular flexibility index (Phi) is 8.37. The van der Waals surface area contributed by atoms with Crippen LogP contribution in [0.15, 0.2) is 87.3 Å². The van der Waals surface area contributed by atoms with Crippen LogP contribution in [0.25, 0.3) is 0 Å². The van der Waals surface area contributed by atoms with E-state index in [9.17, 15) is 13.2 Å². The van der Waals surface area contributed by atoms with E-state index in [1.807, 2.05) is 37.3 Å². The SMILES string of the molecule is COc1ccc(Br)cc1/C=N\NC(=O)CN(Cc1ccc(C)cc1)S(=O)(=O)c1ccccc1. The number of rotatable bonds is 9. The number of hydrogen-bond donors (Lipinski definition) is 1.